The largest absolute Gasteiger partial charge is 0.618 e. The molecule has 0 spiro atoms. The lowest BCUT2D eigenvalue weighted by Gasteiger charge is -2.13. The van der Waals surface area contributed by atoms with E-state index in [2.05, 4.69) is 6.92 Å². The highest BCUT2D eigenvalue weighted by atomic mass is 16.5. The van der Waals surface area contributed by atoms with Crippen LogP contribution >= 0.6 is 0 Å². The van der Waals surface area contributed by atoms with E-state index in [0.717, 1.165) is 23.1 Å². The second-order valence-electron chi connectivity index (χ2n) is 5.68. The van der Waals surface area contributed by atoms with Crippen LogP contribution in [0.3, 0.4) is 0 Å². The summed E-state index contributed by atoms with van der Waals surface area (Å²) in [5.41, 5.74) is 4.08. The van der Waals surface area contributed by atoms with E-state index in [9.17, 15) is 10.0 Å². The molecule has 0 saturated heterocycles. The minimum atomic E-state index is -0.653. The quantitative estimate of drug-likeness (QED) is 0.412. The van der Waals surface area contributed by atoms with Crippen molar-refractivity contribution in [1.82, 2.24) is 0 Å². The molecule has 0 aliphatic carbocycles. The molecule has 3 rings (SSSR count). The Bertz CT molecular complexity index is 887. The summed E-state index contributed by atoms with van der Waals surface area (Å²) in [7, 11) is 1.27. The van der Waals surface area contributed by atoms with Crippen molar-refractivity contribution in [2.24, 2.45) is 0 Å². The van der Waals surface area contributed by atoms with Crippen molar-refractivity contribution >= 4 is 5.97 Å². The van der Waals surface area contributed by atoms with Gasteiger partial charge in [-0.1, -0.05) is 49.4 Å². The van der Waals surface area contributed by atoms with Crippen molar-refractivity contribution in [3.8, 4) is 22.4 Å². The Morgan fingerprint density at radius 1 is 0.960 bits per heavy atom. The lowest BCUT2D eigenvalue weighted by molar-refractivity contribution is -0.596. The molecule has 0 amide bonds. The summed E-state index contributed by atoms with van der Waals surface area (Å²) in [6.07, 6.45) is 0.953. The first-order valence-corrected chi connectivity index (χ1v) is 8.15. The van der Waals surface area contributed by atoms with E-state index in [4.69, 9.17) is 4.74 Å². The molecule has 1 heterocycles. The van der Waals surface area contributed by atoms with Crippen LogP contribution in [0.4, 0.5) is 0 Å². The number of carbonyl (C=O) groups excluding carboxylic acids is 1. The predicted octanol–water partition coefficient (Wildman–Crippen LogP) is 4.00. The summed E-state index contributed by atoms with van der Waals surface area (Å²) >= 11 is 0. The first kappa shape index (κ1) is 16.7. The Kier molecular flexibility index (Phi) is 4.80. The third kappa shape index (κ3) is 3.24. The van der Waals surface area contributed by atoms with Gasteiger partial charge in [0.25, 0.3) is 0 Å². The number of rotatable bonds is 4. The van der Waals surface area contributed by atoms with Crippen LogP contribution < -0.4 is 4.73 Å². The van der Waals surface area contributed by atoms with Crippen LogP contribution in [0.5, 0.6) is 0 Å². The molecule has 0 unspecified atom stereocenters. The lowest BCUT2D eigenvalue weighted by Crippen LogP contribution is -2.38. The first-order valence-electron chi connectivity index (χ1n) is 8.15. The summed E-state index contributed by atoms with van der Waals surface area (Å²) in [6.45, 7) is 2.10. The number of hydrogen-bond donors (Lipinski definition) is 0. The zero-order chi connectivity index (χ0) is 17.8. The number of aryl methyl sites for hydroxylation is 1. The van der Waals surface area contributed by atoms with Crippen molar-refractivity contribution in [2.75, 3.05) is 7.11 Å². The fraction of sp³-hybridized carbons (Fsp3) is 0.143. The minimum absolute atomic E-state index is 0.0321. The summed E-state index contributed by atoms with van der Waals surface area (Å²) in [6, 6.07) is 20.7. The molecular weight excluding hydrogens is 314 g/mol. The zero-order valence-corrected chi connectivity index (χ0v) is 14.2. The Labute approximate surface area is 146 Å². The Hall–Kier alpha value is -3.14. The van der Waals surface area contributed by atoms with Crippen LogP contribution in [0.15, 0.2) is 66.7 Å². The van der Waals surface area contributed by atoms with Crippen LogP contribution in [0.2, 0.25) is 0 Å². The number of pyridine rings is 1. The van der Waals surface area contributed by atoms with Crippen LogP contribution in [-0.4, -0.2) is 13.1 Å². The van der Waals surface area contributed by atoms with Crippen LogP contribution in [0, 0.1) is 5.21 Å². The van der Waals surface area contributed by atoms with Crippen molar-refractivity contribution in [3.05, 3.63) is 83.2 Å². The van der Waals surface area contributed by atoms with Crippen molar-refractivity contribution in [1.29, 1.82) is 0 Å². The number of hydrogen-bond acceptors (Lipinski definition) is 3. The highest BCUT2D eigenvalue weighted by Gasteiger charge is 2.24. The molecule has 0 fully saturated rings. The van der Waals surface area contributed by atoms with Gasteiger partial charge in [-0.05, 0) is 35.7 Å². The summed E-state index contributed by atoms with van der Waals surface area (Å²) in [4.78, 5) is 11.9. The third-order valence-corrected chi connectivity index (χ3v) is 4.20. The van der Waals surface area contributed by atoms with Crippen LogP contribution in [0.1, 0.15) is 23.0 Å². The standard InChI is InChI=1S/C21H19NO3/c1-3-15-9-11-16(12-10-15)18-13-14-19(21(23)25-2)22(24)20(18)17-7-5-4-6-8-17/h4-14H,3H2,1-2H3. The van der Waals surface area contributed by atoms with E-state index in [1.165, 1.54) is 18.7 Å². The second kappa shape index (κ2) is 7.18. The molecule has 0 aliphatic rings. The van der Waals surface area contributed by atoms with Gasteiger partial charge >= 0.3 is 11.7 Å². The predicted molar refractivity (Wildman–Crippen MR) is 97.0 cm³/mol. The fourth-order valence-electron chi connectivity index (χ4n) is 2.82. The van der Waals surface area contributed by atoms with Gasteiger partial charge in [-0.15, -0.1) is 0 Å². The molecule has 3 aromatic rings. The Morgan fingerprint density at radius 2 is 1.64 bits per heavy atom. The number of aromatic nitrogens is 1. The third-order valence-electron chi connectivity index (χ3n) is 4.20. The van der Waals surface area contributed by atoms with Crippen LogP contribution in [0.25, 0.3) is 22.4 Å². The van der Waals surface area contributed by atoms with Crippen LogP contribution in [-0.2, 0) is 11.2 Å². The van der Waals surface area contributed by atoms with E-state index < -0.39 is 5.97 Å². The van der Waals surface area contributed by atoms with Gasteiger partial charge in [0.15, 0.2) is 0 Å². The highest BCUT2D eigenvalue weighted by molar-refractivity contribution is 5.88. The van der Waals surface area contributed by atoms with E-state index >= 15 is 0 Å². The topological polar surface area (TPSA) is 53.2 Å². The Balaban J connectivity index is 2.24. The van der Waals surface area contributed by atoms with Crippen molar-refractivity contribution in [3.63, 3.8) is 0 Å². The summed E-state index contributed by atoms with van der Waals surface area (Å²) < 4.78 is 5.38. The van der Waals surface area contributed by atoms with Crippen molar-refractivity contribution in [2.45, 2.75) is 13.3 Å². The van der Waals surface area contributed by atoms with Gasteiger partial charge in [0.1, 0.15) is 0 Å². The van der Waals surface area contributed by atoms with E-state index in [1.807, 2.05) is 54.6 Å². The number of methoxy groups -OCH3 is 1. The number of esters is 1. The van der Waals surface area contributed by atoms with Gasteiger partial charge in [0.05, 0.1) is 12.7 Å². The summed E-state index contributed by atoms with van der Waals surface area (Å²) in [5.74, 6) is -0.653. The molecule has 0 radical (unpaired) electrons. The highest BCUT2D eigenvalue weighted by Crippen LogP contribution is 2.30. The molecule has 0 aliphatic heterocycles. The molecule has 1 aromatic heterocycles. The van der Waals surface area contributed by atoms with Gasteiger partial charge < -0.3 is 9.94 Å². The smallest absolute Gasteiger partial charge is 0.404 e. The second-order valence-corrected chi connectivity index (χ2v) is 5.68. The minimum Gasteiger partial charge on any atom is -0.618 e. The van der Waals surface area contributed by atoms with Gasteiger partial charge in [-0.3, -0.25) is 0 Å². The normalized spacial score (nSPS) is 10.5. The SMILES string of the molecule is CCc1ccc(-c2ccc(C(=O)OC)[n+]([O-])c2-c2ccccc2)cc1. The van der Waals surface area contributed by atoms with Crippen molar-refractivity contribution < 1.29 is 14.3 Å². The molecule has 126 valence electrons. The molecule has 0 atom stereocenters. The average molecular weight is 333 g/mol. The van der Waals surface area contributed by atoms with Gasteiger partial charge in [-0.2, -0.15) is 4.73 Å². The van der Waals surface area contributed by atoms with Gasteiger partial charge in [0, 0.05) is 11.6 Å². The molecule has 4 heteroatoms. The van der Waals surface area contributed by atoms with Gasteiger partial charge in [0.2, 0.25) is 5.69 Å². The molecular formula is C21H19NO3. The summed E-state index contributed by atoms with van der Waals surface area (Å²) in [5, 5.41) is 12.9. The maximum Gasteiger partial charge on any atom is 0.404 e. The molecule has 0 N–H and O–H groups in total. The number of benzene rings is 2. The molecule has 2 aromatic carbocycles. The maximum atomic E-state index is 12.9. The molecule has 0 bridgehead atoms. The lowest BCUT2D eigenvalue weighted by atomic mass is 9.97. The Morgan fingerprint density at radius 3 is 2.24 bits per heavy atom. The average Bonchev–Trinajstić information content (AvgIpc) is 2.68. The van der Waals surface area contributed by atoms with E-state index in [1.54, 1.807) is 6.07 Å². The van der Waals surface area contributed by atoms with E-state index in [0.29, 0.717) is 10.4 Å². The number of carbonyl (C=O) groups is 1. The molecule has 4 nitrogen and oxygen atoms in total. The maximum absolute atomic E-state index is 12.9. The number of ether oxygens (including phenoxy) is 1. The molecule has 25 heavy (non-hydrogen) atoms. The monoisotopic (exact) mass is 333 g/mol. The van der Waals surface area contributed by atoms with Gasteiger partial charge in [-0.25, -0.2) is 4.79 Å². The number of nitrogens with zero attached hydrogens (tertiary/aromatic N) is 1. The molecule has 0 saturated carbocycles. The first-order chi connectivity index (χ1) is 12.2. The fourth-order valence-corrected chi connectivity index (χ4v) is 2.82. The zero-order valence-electron chi connectivity index (χ0n) is 14.2. The van der Waals surface area contributed by atoms with E-state index in [-0.39, 0.29) is 5.69 Å².